The predicted octanol–water partition coefficient (Wildman–Crippen LogP) is 3.90. The summed E-state index contributed by atoms with van der Waals surface area (Å²) in [6.45, 7) is 5.96. The van der Waals surface area contributed by atoms with Crippen LogP contribution in [0.25, 0.3) is 11.5 Å². The Labute approximate surface area is 155 Å². The molecule has 0 bridgehead atoms. The molecule has 9 heteroatoms. The standard InChI is InChI=1S/C16H18Cl2N6O/c1-8(2)14(19)13-7-24(23-20-13)9(3)15-21-22-16(25-15)11-5-4-10(17)6-12(11)18/h4-9,14H,19H2,1-3H3. The van der Waals surface area contributed by atoms with Gasteiger partial charge in [-0.05, 0) is 31.0 Å². The Morgan fingerprint density at radius 2 is 1.88 bits per heavy atom. The molecule has 0 fully saturated rings. The van der Waals surface area contributed by atoms with Crippen molar-refractivity contribution in [3.8, 4) is 11.5 Å². The SMILES string of the molecule is CC(C)C(N)c1cn(C(C)c2nnc(-c3ccc(Cl)cc3Cl)o2)nn1. The fraction of sp³-hybridized carbons (Fsp3) is 0.375. The van der Waals surface area contributed by atoms with E-state index in [1.807, 2.05) is 20.8 Å². The molecule has 2 heterocycles. The van der Waals surface area contributed by atoms with Crippen LogP contribution in [0.3, 0.4) is 0 Å². The van der Waals surface area contributed by atoms with Crippen molar-refractivity contribution in [2.45, 2.75) is 32.9 Å². The summed E-state index contributed by atoms with van der Waals surface area (Å²) < 4.78 is 7.41. The van der Waals surface area contributed by atoms with Gasteiger partial charge in [-0.2, -0.15) is 0 Å². The van der Waals surface area contributed by atoms with Crippen LogP contribution >= 0.6 is 23.2 Å². The van der Waals surface area contributed by atoms with Gasteiger partial charge >= 0.3 is 0 Å². The number of hydrogen-bond donors (Lipinski definition) is 1. The van der Waals surface area contributed by atoms with Crippen molar-refractivity contribution >= 4 is 23.2 Å². The Hall–Kier alpha value is -1.96. The molecule has 2 unspecified atom stereocenters. The highest BCUT2D eigenvalue weighted by Gasteiger charge is 2.21. The Balaban J connectivity index is 1.84. The monoisotopic (exact) mass is 380 g/mol. The highest BCUT2D eigenvalue weighted by molar-refractivity contribution is 6.36. The average molecular weight is 381 g/mol. The lowest BCUT2D eigenvalue weighted by molar-refractivity contribution is 0.410. The number of halogens is 2. The van der Waals surface area contributed by atoms with Crippen molar-refractivity contribution in [2.75, 3.05) is 0 Å². The van der Waals surface area contributed by atoms with E-state index in [0.717, 1.165) is 5.69 Å². The van der Waals surface area contributed by atoms with Crippen LogP contribution in [0.2, 0.25) is 10.0 Å². The van der Waals surface area contributed by atoms with Crippen molar-refractivity contribution in [1.29, 1.82) is 0 Å². The van der Waals surface area contributed by atoms with Gasteiger partial charge in [-0.15, -0.1) is 15.3 Å². The fourth-order valence-corrected chi connectivity index (χ4v) is 2.75. The molecule has 2 N–H and O–H groups in total. The highest BCUT2D eigenvalue weighted by atomic mass is 35.5. The lowest BCUT2D eigenvalue weighted by Crippen LogP contribution is -2.17. The van der Waals surface area contributed by atoms with Gasteiger partial charge in [-0.3, -0.25) is 0 Å². The second-order valence-corrected chi connectivity index (χ2v) is 6.98. The van der Waals surface area contributed by atoms with E-state index in [1.165, 1.54) is 0 Å². The van der Waals surface area contributed by atoms with Crippen LogP contribution in [0.1, 0.15) is 44.4 Å². The van der Waals surface area contributed by atoms with Crippen molar-refractivity contribution in [1.82, 2.24) is 25.2 Å². The minimum atomic E-state index is -0.284. The van der Waals surface area contributed by atoms with E-state index in [2.05, 4.69) is 20.5 Å². The molecule has 0 aliphatic rings. The van der Waals surface area contributed by atoms with Gasteiger partial charge in [-0.25, -0.2) is 4.68 Å². The Morgan fingerprint density at radius 3 is 2.56 bits per heavy atom. The van der Waals surface area contributed by atoms with E-state index in [9.17, 15) is 0 Å². The van der Waals surface area contributed by atoms with Crippen LogP contribution in [-0.2, 0) is 0 Å². The second kappa shape index (κ2) is 7.11. The molecule has 0 saturated carbocycles. The first-order valence-electron chi connectivity index (χ1n) is 7.83. The van der Waals surface area contributed by atoms with Crippen molar-refractivity contribution in [2.24, 2.45) is 11.7 Å². The van der Waals surface area contributed by atoms with E-state index in [1.54, 1.807) is 29.1 Å². The molecule has 3 rings (SSSR count). The van der Waals surface area contributed by atoms with Crippen LogP contribution in [0, 0.1) is 5.92 Å². The lowest BCUT2D eigenvalue weighted by atomic mass is 10.0. The summed E-state index contributed by atoms with van der Waals surface area (Å²) in [7, 11) is 0. The minimum absolute atomic E-state index is 0.174. The Bertz CT molecular complexity index is 875. The molecule has 2 aromatic heterocycles. The van der Waals surface area contributed by atoms with Crippen molar-refractivity contribution in [3.05, 3.63) is 46.0 Å². The van der Waals surface area contributed by atoms with Gasteiger partial charge in [-0.1, -0.05) is 42.3 Å². The van der Waals surface area contributed by atoms with E-state index in [4.69, 9.17) is 33.4 Å². The van der Waals surface area contributed by atoms with Gasteiger partial charge in [0.25, 0.3) is 0 Å². The maximum atomic E-state index is 6.18. The summed E-state index contributed by atoms with van der Waals surface area (Å²) in [4.78, 5) is 0. The molecule has 0 spiro atoms. The number of nitrogens with two attached hydrogens (primary N) is 1. The molecule has 0 saturated heterocycles. The smallest absolute Gasteiger partial charge is 0.249 e. The fourth-order valence-electron chi connectivity index (χ4n) is 2.26. The lowest BCUT2D eigenvalue weighted by Gasteiger charge is -2.11. The molecule has 132 valence electrons. The zero-order valence-corrected chi connectivity index (χ0v) is 15.5. The van der Waals surface area contributed by atoms with Gasteiger partial charge in [0.05, 0.1) is 28.5 Å². The molecule has 25 heavy (non-hydrogen) atoms. The number of nitrogens with zero attached hydrogens (tertiary/aromatic N) is 5. The minimum Gasteiger partial charge on any atom is -0.418 e. The number of benzene rings is 1. The van der Waals surface area contributed by atoms with Crippen LogP contribution in [0.4, 0.5) is 0 Å². The van der Waals surface area contributed by atoms with Crippen molar-refractivity contribution < 1.29 is 4.42 Å². The van der Waals surface area contributed by atoms with Gasteiger partial charge in [0, 0.05) is 5.02 Å². The Morgan fingerprint density at radius 1 is 1.12 bits per heavy atom. The quantitative estimate of drug-likeness (QED) is 0.720. The first-order valence-corrected chi connectivity index (χ1v) is 8.58. The summed E-state index contributed by atoms with van der Waals surface area (Å²) in [5.41, 5.74) is 7.45. The predicted molar refractivity (Wildman–Crippen MR) is 95.4 cm³/mol. The van der Waals surface area contributed by atoms with Gasteiger partial charge in [0.2, 0.25) is 11.8 Å². The first-order chi connectivity index (χ1) is 11.9. The zero-order valence-electron chi connectivity index (χ0n) is 14.0. The largest absolute Gasteiger partial charge is 0.418 e. The third kappa shape index (κ3) is 3.68. The molecule has 2 atom stereocenters. The summed E-state index contributed by atoms with van der Waals surface area (Å²) in [5, 5.41) is 17.4. The third-order valence-corrected chi connectivity index (χ3v) is 4.49. The number of aromatic nitrogens is 5. The summed E-state index contributed by atoms with van der Waals surface area (Å²) >= 11 is 12.1. The number of rotatable bonds is 5. The molecule has 0 radical (unpaired) electrons. The molecule has 0 aliphatic heterocycles. The average Bonchev–Trinajstić information content (AvgIpc) is 3.23. The second-order valence-electron chi connectivity index (χ2n) is 6.14. The molecule has 3 aromatic rings. The highest BCUT2D eigenvalue weighted by Crippen LogP contribution is 2.30. The van der Waals surface area contributed by atoms with Crippen LogP contribution in [0.15, 0.2) is 28.8 Å². The summed E-state index contributed by atoms with van der Waals surface area (Å²) in [6, 6.07) is 4.62. The normalized spacial score (nSPS) is 14.0. The molecule has 1 aromatic carbocycles. The maximum absolute atomic E-state index is 6.18. The zero-order chi connectivity index (χ0) is 18.1. The Kier molecular flexibility index (Phi) is 5.08. The molecule has 0 amide bonds. The molecular formula is C16H18Cl2N6O. The maximum Gasteiger partial charge on any atom is 0.249 e. The van der Waals surface area contributed by atoms with Gasteiger partial charge < -0.3 is 10.2 Å². The first kappa shape index (κ1) is 17.8. The van der Waals surface area contributed by atoms with E-state index >= 15 is 0 Å². The molecule has 7 nitrogen and oxygen atoms in total. The van der Waals surface area contributed by atoms with Crippen LogP contribution in [-0.4, -0.2) is 25.2 Å². The van der Waals surface area contributed by atoms with E-state index < -0.39 is 0 Å². The number of hydrogen-bond acceptors (Lipinski definition) is 6. The van der Waals surface area contributed by atoms with Gasteiger partial charge in [0.15, 0.2) is 0 Å². The van der Waals surface area contributed by atoms with Crippen LogP contribution in [0.5, 0.6) is 0 Å². The topological polar surface area (TPSA) is 95.7 Å². The van der Waals surface area contributed by atoms with E-state index in [-0.39, 0.29) is 18.0 Å². The van der Waals surface area contributed by atoms with Gasteiger partial charge in [0.1, 0.15) is 6.04 Å². The summed E-state index contributed by atoms with van der Waals surface area (Å²) in [5.74, 6) is 0.987. The van der Waals surface area contributed by atoms with Crippen molar-refractivity contribution in [3.63, 3.8) is 0 Å². The summed E-state index contributed by atoms with van der Waals surface area (Å²) in [6.07, 6.45) is 1.80. The van der Waals surface area contributed by atoms with Crippen LogP contribution < -0.4 is 5.73 Å². The molecule has 0 aliphatic carbocycles. The molecular weight excluding hydrogens is 363 g/mol. The third-order valence-electron chi connectivity index (χ3n) is 3.94. The van der Waals surface area contributed by atoms with E-state index in [0.29, 0.717) is 27.4 Å².